The summed E-state index contributed by atoms with van der Waals surface area (Å²) < 4.78 is 5.39. The molecule has 1 unspecified atom stereocenters. The van der Waals surface area contributed by atoms with Gasteiger partial charge in [-0.25, -0.2) is 0 Å². The highest BCUT2D eigenvalue weighted by Gasteiger charge is 2.21. The molecule has 3 nitrogen and oxygen atoms in total. The molecule has 0 bridgehead atoms. The monoisotopic (exact) mass is 267 g/mol. The molecule has 1 aliphatic rings. The molecule has 0 aromatic rings. The van der Waals surface area contributed by atoms with Gasteiger partial charge in [-0.2, -0.15) is 0 Å². The Bertz CT molecular complexity index is 299. The van der Waals surface area contributed by atoms with E-state index in [-0.39, 0.29) is 12.0 Å². The van der Waals surface area contributed by atoms with Crippen molar-refractivity contribution in [2.75, 3.05) is 20.2 Å². The van der Waals surface area contributed by atoms with E-state index in [9.17, 15) is 5.11 Å². The molecule has 0 spiro atoms. The van der Waals surface area contributed by atoms with Crippen molar-refractivity contribution >= 4 is 0 Å². The molecule has 0 aromatic heterocycles. The van der Waals surface area contributed by atoms with Crippen LogP contribution < -0.4 is 5.32 Å². The molecule has 19 heavy (non-hydrogen) atoms. The lowest BCUT2D eigenvalue weighted by Crippen LogP contribution is -2.32. The topological polar surface area (TPSA) is 41.5 Å². The number of rotatable bonds is 1. The van der Waals surface area contributed by atoms with Crippen LogP contribution in [0.25, 0.3) is 0 Å². The van der Waals surface area contributed by atoms with E-state index in [1.165, 1.54) is 24.8 Å². The summed E-state index contributed by atoms with van der Waals surface area (Å²) in [4.78, 5) is 0. The highest BCUT2D eigenvalue weighted by molar-refractivity contribution is 5.06. The average molecular weight is 267 g/mol. The lowest BCUT2D eigenvalue weighted by atomic mass is 9.96. The van der Waals surface area contributed by atoms with Crippen molar-refractivity contribution in [3.63, 3.8) is 0 Å². The Balaban J connectivity index is 2.71. The summed E-state index contributed by atoms with van der Waals surface area (Å²) >= 11 is 0. The van der Waals surface area contributed by atoms with E-state index in [0.717, 1.165) is 19.5 Å². The molecule has 0 aromatic carbocycles. The Hall–Kier alpha value is -0.640. The van der Waals surface area contributed by atoms with Crippen molar-refractivity contribution in [1.82, 2.24) is 5.32 Å². The second kappa shape index (κ2) is 9.29. The molecule has 1 rings (SSSR count). The van der Waals surface area contributed by atoms with Crippen LogP contribution in [0.15, 0.2) is 23.8 Å². The van der Waals surface area contributed by atoms with Crippen LogP contribution in [0.2, 0.25) is 0 Å². The van der Waals surface area contributed by atoms with Crippen LogP contribution in [0, 0.1) is 5.92 Å². The van der Waals surface area contributed by atoms with Gasteiger partial charge < -0.3 is 15.2 Å². The summed E-state index contributed by atoms with van der Waals surface area (Å²) in [6.07, 6.45) is 10.3. The molecule has 1 heterocycles. The van der Waals surface area contributed by atoms with E-state index in [2.05, 4.69) is 24.4 Å². The molecule has 3 atom stereocenters. The number of aliphatic hydroxyl groups is 1. The van der Waals surface area contributed by atoms with Crippen molar-refractivity contribution < 1.29 is 9.84 Å². The van der Waals surface area contributed by atoms with Gasteiger partial charge in [0.25, 0.3) is 0 Å². The highest BCUT2D eigenvalue weighted by atomic mass is 16.5. The van der Waals surface area contributed by atoms with E-state index in [1.807, 2.05) is 13.0 Å². The minimum absolute atomic E-state index is 0.0966. The van der Waals surface area contributed by atoms with Crippen molar-refractivity contribution in [3.05, 3.63) is 23.8 Å². The summed E-state index contributed by atoms with van der Waals surface area (Å²) in [5.41, 5.74) is 1.28. The lowest BCUT2D eigenvalue weighted by molar-refractivity contribution is -0.00186. The first-order valence-electron chi connectivity index (χ1n) is 7.40. The minimum atomic E-state index is -0.487. The van der Waals surface area contributed by atoms with Gasteiger partial charge in [-0.05, 0) is 32.7 Å². The Morgan fingerprint density at radius 3 is 2.84 bits per heavy atom. The minimum Gasteiger partial charge on any atom is -0.389 e. The molecule has 0 saturated heterocycles. The Morgan fingerprint density at radius 1 is 1.32 bits per heavy atom. The maximum Gasteiger partial charge on any atom is 0.102 e. The molecule has 2 N–H and O–H groups in total. The predicted molar refractivity (Wildman–Crippen MR) is 80.2 cm³/mol. The van der Waals surface area contributed by atoms with Gasteiger partial charge in [0.2, 0.25) is 0 Å². The third-order valence-corrected chi connectivity index (χ3v) is 3.65. The highest BCUT2D eigenvalue weighted by Crippen LogP contribution is 2.15. The number of hydrogen-bond donors (Lipinski definition) is 2. The third kappa shape index (κ3) is 6.37. The Kier molecular flexibility index (Phi) is 8.03. The first-order valence-corrected chi connectivity index (χ1v) is 7.40. The normalized spacial score (nSPS) is 36.0. The fourth-order valence-electron chi connectivity index (χ4n) is 2.44. The molecule has 0 amide bonds. The van der Waals surface area contributed by atoms with Crippen LogP contribution in [0.3, 0.4) is 0 Å². The quantitative estimate of drug-likeness (QED) is 0.718. The predicted octanol–water partition coefficient (Wildman–Crippen LogP) is 2.66. The maximum atomic E-state index is 10.3. The first-order chi connectivity index (χ1) is 9.15. The van der Waals surface area contributed by atoms with Crippen LogP contribution >= 0.6 is 0 Å². The molecule has 110 valence electrons. The standard InChI is InChI=1S/C16H29NO2/c1-13-11-14(2)16(18)15(19-3)9-7-5-4-6-8-10-17-12-13/h7,9,11,14-18H,4-6,8,10,12H2,1-3H3/b9-7+,13-11-/t14?,15-,16-/m0/s1. The zero-order chi connectivity index (χ0) is 14.1. The van der Waals surface area contributed by atoms with E-state index in [4.69, 9.17) is 4.74 Å². The van der Waals surface area contributed by atoms with Crippen LogP contribution in [-0.4, -0.2) is 37.5 Å². The van der Waals surface area contributed by atoms with E-state index in [0.29, 0.717) is 0 Å². The first kappa shape index (κ1) is 16.4. The van der Waals surface area contributed by atoms with Crippen molar-refractivity contribution in [2.45, 2.75) is 51.7 Å². The van der Waals surface area contributed by atoms with Gasteiger partial charge in [-0.1, -0.05) is 37.1 Å². The molecular formula is C16H29NO2. The average Bonchev–Trinajstić information content (AvgIpc) is 2.39. The number of methoxy groups -OCH3 is 1. The second-order valence-corrected chi connectivity index (χ2v) is 5.52. The number of hydrogen-bond acceptors (Lipinski definition) is 3. The van der Waals surface area contributed by atoms with Crippen molar-refractivity contribution in [2.24, 2.45) is 5.92 Å². The van der Waals surface area contributed by atoms with Gasteiger partial charge in [0.15, 0.2) is 0 Å². The van der Waals surface area contributed by atoms with Gasteiger partial charge in [0.1, 0.15) is 6.10 Å². The van der Waals surface area contributed by atoms with Gasteiger partial charge in [0, 0.05) is 19.6 Å². The smallest absolute Gasteiger partial charge is 0.102 e. The van der Waals surface area contributed by atoms with Crippen LogP contribution in [0.4, 0.5) is 0 Å². The second-order valence-electron chi connectivity index (χ2n) is 5.52. The fraction of sp³-hybridized carbons (Fsp3) is 0.750. The molecule has 3 heteroatoms. The molecule has 0 radical (unpaired) electrons. The Morgan fingerprint density at radius 2 is 2.11 bits per heavy atom. The SMILES string of the molecule is CO[C@H]1/C=C/CCCCCNC/C(C)=C\C(C)[C@@H]1O. The summed E-state index contributed by atoms with van der Waals surface area (Å²) in [6, 6.07) is 0. The van der Waals surface area contributed by atoms with Crippen molar-refractivity contribution in [3.8, 4) is 0 Å². The summed E-state index contributed by atoms with van der Waals surface area (Å²) in [5, 5.41) is 13.8. The van der Waals surface area contributed by atoms with E-state index >= 15 is 0 Å². The number of allylic oxidation sites excluding steroid dienone is 1. The van der Waals surface area contributed by atoms with Crippen LogP contribution in [0.1, 0.15) is 39.5 Å². The Labute approximate surface area is 117 Å². The fourth-order valence-corrected chi connectivity index (χ4v) is 2.44. The van der Waals surface area contributed by atoms with Crippen LogP contribution in [-0.2, 0) is 4.74 Å². The number of nitrogens with one attached hydrogen (secondary N) is 1. The largest absolute Gasteiger partial charge is 0.389 e. The summed E-state index contributed by atoms with van der Waals surface area (Å²) in [5.74, 6) is 0.0966. The van der Waals surface area contributed by atoms with Crippen molar-refractivity contribution in [1.29, 1.82) is 0 Å². The van der Waals surface area contributed by atoms with Gasteiger partial charge in [-0.3, -0.25) is 0 Å². The zero-order valence-electron chi connectivity index (χ0n) is 12.6. The zero-order valence-corrected chi connectivity index (χ0v) is 12.6. The van der Waals surface area contributed by atoms with Gasteiger partial charge in [0.05, 0.1) is 6.10 Å². The van der Waals surface area contributed by atoms with E-state index < -0.39 is 6.10 Å². The third-order valence-electron chi connectivity index (χ3n) is 3.65. The summed E-state index contributed by atoms with van der Waals surface area (Å²) in [6.45, 7) is 6.14. The number of aliphatic hydroxyl groups excluding tert-OH is 1. The van der Waals surface area contributed by atoms with Gasteiger partial charge >= 0.3 is 0 Å². The molecular weight excluding hydrogens is 238 g/mol. The number of ether oxygens (including phenoxy) is 1. The molecule has 0 fully saturated rings. The molecule has 0 aliphatic carbocycles. The van der Waals surface area contributed by atoms with E-state index in [1.54, 1.807) is 7.11 Å². The van der Waals surface area contributed by atoms with Gasteiger partial charge in [-0.15, -0.1) is 0 Å². The van der Waals surface area contributed by atoms with Crippen LogP contribution in [0.5, 0.6) is 0 Å². The lowest BCUT2D eigenvalue weighted by Gasteiger charge is -2.23. The molecule has 1 aliphatic heterocycles. The summed E-state index contributed by atoms with van der Waals surface area (Å²) in [7, 11) is 1.66. The molecule has 0 saturated carbocycles. The maximum absolute atomic E-state index is 10.3.